The van der Waals surface area contributed by atoms with E-state index in [2.05, 4.69) is 18.7 Å². The monoisotopic (exact) mass is 398 g/mol. The molecule has 0 amide bonds. The van der Waals surface area contributed by atoms with E-state index in [4.69, 9.17) is 11.6 Å². The summed E-state index contributed by atoms with van der Waals surface area (Å²) in [5.74, 6) is 0.700. The molecule has 2 aromatic heterocycles. The molecular formula is C13H8ClIN4O. The van der Waals surface area contributed by atoms with E-state index < -0.39 is 0 Å². The third kappa shape index (κ3) is 2.25. The molecule has 3 rings (SSSR count). The zero-order valence-corrected chi connectivity index (χ0v) is 12.9. The Hall–Kier alpha value is -1.67. The maximum Gasteiger partial charge on any atom is 0.166 e. The van der Waals surface area contributed by atoms with Crippen LogP contribution >= 0.6 is 34.5 Å². The number of hydrogen-bond donors (Lipinski definition) is 2. The van der Waals surface area contributed by atoms with Crippen molar-refractivity contribution in [3.8, 4) is 17.0 Å². The summed E-state index contributed by atoms with van der Waals surface area (Å²) in [5, 5.41) is 20.5. The number of anilines is 1. The molecule has 0 aliphatic heterocycles. The van der Waals surface area contributed by atoms with Crippen molar-refractivity contribution >= 4 is 51.1 Å². The van der Waals surface area contributed by atoms with Crippen molar-refractivity contribution in [2.45, 2.75) is 0 Å². The first-order valence-corrected chi connectivity index (χ1v) is 7.12. The number of nitrogens with zero attached hydrogens (tertiary/aromatic N) is 3. The molecule has 0 unspecified atom stereocenters. The lowest BCUT2D eigenvalue weighted by atomic mass is 10.1. The van der Waals surface area contributed by atoms with E-state index in [0.29, 0.717) is 22.1 Å². The number of halogens is 2. The predicted octanol–water partition coefficient (Wildman–Crippen LogP) is 3.81. The van der Waals surface area contributed by atoms with Gasteiger partial charge in [-0.25, -0.2) is 0 Å². The van der Waals surface area contributed by atoms with Crippen LogP contribution in [0.2, 0.25) is 5.02 Å². The fourth-order valence-electron chi connectivity index (χ4n) is 1.97. The molecule has 0 aliphatic carbocycles. The molecule has 0 atom stereocenters. The number of aromatic hydroxyl groups is 1. The molecule has 3 aromatic rings. The number of phenols is 1. The highest BCUT2D eigenvalue weighted by atomic mass is 127. The van der Waals surface area contributed by atoms with Gasteiger partial charge in [-0.3, -0.25) is 4.98 Å². The van der Waals surface area contributed by atoms with Gasteiger partial charge in [0.25, 0.3) is 0 Å². The molecule has 5 nitrogen and oxygen atoms in total. The van der Waals surface area contributed by atoms with Crippen molar-refractivity contribution in [1.29, 1.82) is 0 Å². The van der Waals surface area contributed by atoms with Gasteiger partial charge in [0.05, 0.1) is 22.9 Å². The molecule has 7 heteroatoms. The second-order valence-corrected chi connectivity index (χ2v) is 5.05. The standard InChI is InChI=1S/C13H8ClIN4O/c14-7-1-2-9(11(20)5-7)12-8-3-4-16-6-10(8)13(17-15)19-18-12/h1-6,20H,(H,17,19). The minimum absolute atomic E-state index is 0.0695. The van der Waals surface area contributed by atoms with Crippen molar-refractivity contribution in [3.63, 3.8) is 0 Å². The van der Waals surface area contributed by atoms with Gasteiger partial charge in [-0.05, 0) is 24.3 Å². The van der Waals surface area contributed by atoms with Gasteiger partial charge in [-0.15, -0.1) is 10.2 Å². The Morgan fingerprint density at radius 2 is 2.00 bits per heavy atom. The molecule has 0 saturated heterocycles. The Labute approximate surface area is 133 Å². The summed E-state index contributed by atoms with van der Waals surface area (Å²) in [6, 6.07) is 6.75. The summed E-state index contributed by atoms with van der Waals surface area (Å²) in [6.45, 7) is 0. The number of hydrogen-bond acceptors (Lipinski definition) is 5. The fraction of sp³-hybridized carbons (Fsp3) is 0. The minimum Gasteiger partial charge on any atom is -0.507 e. The first kappa shape index (κ1) is 13.3. The second kappa shape index (κ2) is 5.37. The molecule has 0 aliphatic rings. The average molecular weight is 399 g/mol. The van der Waals surface area contributed by atoms with Crippen LogP contribution in [0.5, 0.6) is 5.75 Å². The highest BCUT2D eigenvalue weighted by Crippen LogP contribution is 2.35. The Morgan fingerprint density at radius 3 is 2.75 bits per heavy atom. The molecule has 0 spiro atoms. The summed E-state index contributed by atoms with van der Waals surface area (Å²) in [5.41, 5.74) is 1.17. The van der Waals surface area contributed by atoms with Crippen LogP contribution in [0.15, 0.2) is 36.7 Å². The number of rotatable bonds is 2. The van der Waals surface area contributed by atoms with Crippen LogP contribution in [-0.2, 0) is 0 Å². The predicted molar refractivity (Wildman–Crippen MR) is 87.1 cm³/mol. The Kier molecular flexibility index (Phi) is 3.58. The van der Waals surface area contributed by atoms with E-state index >= 15 is 0 Å². The zero-order valence-electron chi connectivity index (χ0n) is 10.0. The summed E-state index contributed by atoms with van der Waals surface area (Å²) >= 11 is 7.85. The van der Waals surface area contributed by atoms with Crippen LogP contribution < -0.4 is 3.53 Å². The lowest BCUT2D eigenvalue weighted by Crippen LogP contribution is -1.96. The van der Waals surface area contributed by atoms with E-state index in [-0.39, 0.29) is 5.75 Å². The molecule has 2 heterocycles. The molecule has 0 radical (unpaired) electrons. The molecule has 1 aromatic carbocycles. The Balaban J connectivity index is 2.32. The van der Waals surface area contributed by atoms with E-state index in [1.807, 2.05) is 28.9 Å². The second-order valence-electron chi connectivity index (χ2n) is 4.07. The van der Waals surface area contributed by atoms with Gasteiger partial charge in [-0.1, -0.05) is 11.6 Å². The third-order valence-corrected chi connectivity index (χ3v) is 3.63. The van der Waals surface area contributed by atoms with Crippen molar-refractivity contribution in [3.05, 3.63) is 41.7 Å². The van der Waals surface area contributed by atoms with E-state index in [9.17, 15) is 5.11 Å². The topological polar surface area (TPSA) is 70.9 Å². The van der Waals surface area contributed by atoms with Gasteiger partial charge < -0.3 is 8.64 Å². The summed E-state index contributed by atoms with van der Waals surface area (Å²) < 4.78 is 2.95. The SMILES string of the molecule is Oc1cc(Cl)ccc1-c1nnc(NI)c2cnccc12. The number of aromatic nitrogens is 3. The van der Waals surface area contributed by atoms with Crippen molar-refractivity contribution < 1.29 is 5.11 Å². The fourth-order valence-corrected chi connectivity index (χ4v) is 2.54. The Morgan fingerprint density at radius 1 is 1.15 bits per heavy atom. The normalized spacial score (nSPS) is 10.7. The molecule has 0 bridgehead atoms. The minimum atomic E-state index is 0.0695. The highest BCUT2D eigenvalue weighted by molar-refractivity contribution is 14.1. The average Bonchev–Trinajstić information content (AvgIpc) is 2.47. The maximum atomic E-state index is 10.0. The number of phenolic OH excluding ortho intramolecular Hbond substituents is 1. The third-order valence-electron chi connectivity index (χ3n) is 2.89. The van der Waals surface area contributed by atoms with Gasteiger partial charge in [0, 0.05) is 33.8 Å². The van der Waals surface area contributed by atoms with Crippen LogP contribution in [0.25, 0.3) is 22.0 Å². The van der Waals surface area contributed by atoms with Gasteiger partial charge in [0.2, 0.25) is 0 Å². The highest BCUT2D eigenvalue weighted by Gasteiger charge is 2.13. The molecule has 0 fully saturated rings. The van der Waals surface area contributed by atoms with Crippen molar-refractivity contribution in [1.82, 2.24) is 15.2 Å². The summed E-state index contributed by atoms with van der Waals surface area (Å²) in [4.78, 5) is 4.10. The van der Waals surface area contributed by atoms with Gasteiger partial charge in [0.15, 0.2) is 5.82 Å². The summed E-state index contributed by atoms with van der Waals surface area (Å²) in [6.07, 6.45) is 3.39. The lowest BCUT2D eigenvalue weighted by Gasteiger charge is -2.09. The lowest BCUT2D eigenvalue weighted by molar-refractivity contribution is 0.477. The van der Waals surface area contributed by atoms with E-state index in [0.717, 1.165) is 10.8 Å². The molecule has 2 N–H and O–H groups in total. The van der Waals surface area contributed by atoms with Crippen LogP contribution in [0.1, 0.15) is 0 Å². The number of fused-ring (bicyclic) bond motifs is 1. The van der Waals surface area contributed by atoms with Crippen LogP contribution in [0.3, 0.4) is 0 Å². The molecule has 20 heavy (non-hydrogen) atoms. The zero-order chi connectivity index (χ0) is 14.1. The summed E-state index contributed by atoms with van der Waals surface area (Å²) in [7, 11) is 0. The van der Waals surface area contributed by atoms with Crippen LogP contribution in [0, 0.1) is 0 Å². The quantitative estimate of drug-likeness (QED) is 0.507. The first-order valence-electron chi connectivity index (χ1n) is 5.66. The van der Waals surface area contributed by atoms with Gasteiger partial charge in [0.1, 0.15) is 11.4 Å². The molecular weight excluding hydrogens is 391 g/mol. The Bertz CT molecular complexity index is 796. The number of pyridine rings is 1. The molecule has 0 saturated carbocycles. The number of benzene rings is 1. The van der Waals surface area contributed by atoms with Crippen molar-refractivity contribution in [2.75, 3.05) is 3.53 Å². The van der Waals surface area contributed by atoms with Gasteiger partial charge in [-0.2, -0.15) is 0 Å². The van der Waals surface area contributed by atoms with Gasteiger partial charge >= 0.3 is 0 Å². The van der Waals surface area contributed by atoms with Crippen LogP contribution in [-0.4, -0.2) is 20.3 Å². The van der Waals surface area contributed by atoms with Crippen LogP contribution in [0.4, 0.5) is 5.82 Å². The first-order chi connectivity index (χ1) is 9.70. The maximum absolute atomic E-state index is 10.0. The number of nitrogens with one attached hydrogen (secondary N) is 1. The van der Waals surface area contributed by atoms with E-state index in [1.54, 1.807) is 24.5 Å². The van der Waals surface area contributed by atoms with Crippen molar-refractivity contribution in [2.24, 2.45) is 0 Å². The molecule has 100 valence electrons. The largest absolute Gasteiger partial charge is 0.507 e. The van der Waals surface area contributed by atoms with E-state index in [1.165, 1.54) is 6.07 Å². The smallest absolute Gasteiger partial charge is 0.166 e.